The fourth-order valence-corrected chi connectivity index (χ4v) is 1.67. The van der Waals surface area contributed by atoms with Crippen molar-refractivity contribution >= 4 is 5.82 Å². The van der Waals surface area contributed by atoms with E-state index in [4.69, 9.17) is 0 Å². The fraction of sp³-hybridized carbons (Fsp3) is 0.600. The lowest BCUT2D eigenvalue weighted by Crippen LogP contribution is -2.13. The summed E-state index contributed by atoms with van der Waals surface area (Å²) >= 11 is 0. The van der Waals surface area contributed by atoms with Crippen LogP contribution in [-0.4, -0.2) is 24.1 Å². The van der Waals surface area contributed by atoms with Crippen molar-refractivity contribution in [3.8, 4) is 0 Å². The van der Waals surface area contributed by atoms with Gasteiger partial charge in [-0.1, -0.05) is 0 Å². The molecule has 1 aromatic rings. The zero-order chi connectivity index (χ0) is 9.42. The molecule has 0 unspecified atom stereocenters. The van der Waals surface area contributed by atoms with Crippen molar-refractivity contribution in [2.45, 2.75) is 25.7 Å². The van der Waals surface area contributed by atoms with Gasteiger partial charge in [-0.3, -0.25) is 0 Å². The van der Waals surface area contributed by atoms with E-state index in [0.29, 0.717) is 5.92 Å². The van der Waals surface area contributed by atoms with Gasteiger partial charge < -0.3 is 4.90 Å². The Balaban J connectivity index is 2.41. The highest BCUT2D eigenvalue weighted by atomic mass is 15.1. The van der Waals surface area contributed by atoms with E-state index in [1.165, 1.54) is 24.1 Å². The van der Waals surface area contributed by atoms with Crippen molar-refractivity contribution in [3.05, 3.63) is 17.6 Å². The van der Waals surface area contributed by atoms with Crippen molar-refractivity contribution in [1.82, 2.24) is 9.97 Å². The zero-order valence-electron chi connectivity index (χ0n) is 8.41. The van der Waals surface area contributed by atoms with Crippen LogP contribution in [0.15, 0.2) is 6.33 Å². The summed E-state index contributed by atoms with van der Waals surface area (Å²) in [5, 5.41) is 0. The summed E-state index contributed by atoms with van der Waals surface area (Å²) in [7, 11) is 4.04. The second-order valence-corrected chi connectivity index (χ2v) is 3.88. The van der Waals surface area contributed by atoms with Crippen LogP contribution in [0, 0.1) is 6.92 Å². The lowest BCUT2D eigenvalue weighted by Gasteiger charge is -2.15. The standard InChI is InChI=1S/C10H15N3/c1-7-9(8-4-5-8)11-6-12-10(7)13(2)3/h6,8H,4-5H2,1-3H3. The van der Waals surface area contributed by atoms with E-state index in [9.17, 15) is 0 Å². The van der Waals surface area contributed by atoms with Gasteiger partial charge in [-0.25, -0.2) is 9.97 Å². The maximum absolute atomic E-state index is 4.35. The highest BCUT2D eigenvalue weighted by molar-refractivity contribution is 5.47. The smallest absolute Gasteiger partial charge is 0.134 e. The van der Waals surface area contributed by atoms with E-state index in [2.05, 4.69) is 16.9 Å². The molecule has 70 valence electrons. The lowest BCUT2D eigenvalue weighted by molar-refractivity contribution is 0.930. The molecule has 0 N–H and O–H groups in total. The maximum atomic E-state index is 4.35. The predicted octanol–water partition coefficient (Wildman–Crippen LogP) is 1.73. The summed E-state index contributed by atoms with van der Waals surface area (Å²) < 4.78 is 0. The number of hydrogen-bond acceptors (Lipinski definition) is 3. The van der Waals surface area contributed by atoms with Gasteiger partial charge in [-0.15, -0.1) is 0 Å². The molecule has 1 aliphatic rings. The van der Waals surface area contributed by atoms with Gasteiger partial charge in [0.25, 0.3) is 0 Å². The topological polar surface area (TPSA) is 29.0 Å². The maximum Gasteiger partial charge on any atom is 0.134 e. The number of aromatic nitrogens is 2. The largest absolute Gasteiger partial charge is 0.362 e. The average molecular weight is 177 g/mol. The van der Waals surface area contributed by atoms with Crippen LogP contribution in [0.1, 0.15) is 30.0 Å². The molecule has 13 heavy (non-hydrogen) atoms. The molecular formula is C10H15N3. The highest BCUT2D eigenvalue weighted by Gasteiger charge is 2.27. The fourth-order valence-electron chi connectivity index (χ4n) is 1.67. The molecule has 1 aliphatic carbocycles. The molecule has 0 atom stereocenters. The van der Waals surface area contributed by atoms with E-state index in [1.807, 2.05) is 19.0 Å². The molecule has 0 aliphatic heterocycles. The van der Waals surface area contributed by atoms with E-state index >= 15 is 0 Å². The van der Waals surface area contributed by atoms with Crippen molar-refractivity contribution in [3.63, 3.8) is 0 Å². The first-order valence-electron chi connectivity index (χ1n) is 4.69. The van der Waals surface area contributed by atoms with Gasteiger partial charge >= 0.3 is 0 Å². The predicted molar refractivity (Wildman–Crippen MR) is 53.1 cm³/mol. The third-order valence-corrected chi connectivity index (χ3v) is 2.48. The second-order valence-electron chi connectivity index (χ2n) is 3.88. The Labute approximate surface area is 78.8 Å². The van der Waals surface area contributed by atoms with Crippen LogP contribution >= 0.6 is 0 Å². The third-order valence-electron chi connectivity index (χ3n) is 2.48. The quantitative estimate of drug-likeness (QED) is 0.689. The Hall–Kier alpha value is -1.12. The van der Waals surface area contributed by atoms with Gasteiger partial charge in [0.2, 0.25) is 0 Å². The van der Waals surface area contributed by atoms with Gasteiger partial charge in [-0.05, 0) is 19.8 Å². The molecule has 0 aromatic carbocycles. The summed E-state index contributed by atoms with van der Waals surface area (Å²) in [4.78, 5) is 10.7. The lowest BCUT2D eigenvalue weighted by atomic mass is 10.1. The van der Waals surface area contributed by atoms with Crippen LogP contribution < -0.4 is 4.90 Å². The first-order chi connectivity index (χ1) is 6.20. The Kier molecular flexibility index (Phi) is 1.94. The van der Waals surface area contributed by atoms with Crippen LogP contribution in [0.2, 0.25) is 0 Å². The van der Waals surface area contributed by atoms with Gasteiger partial charge in [-0.2, -0.15) is 0 Å². The van der Waals surface area contributed by atoms with E-state index < -0.39 is 0 Å². The van der Waals surface area contributed by atoms with Gasteiger partial charge in [0.05, 0.1) is 5.69 Å². The zero-order valence-corrected chi connectivity index (χ0v) is 8.41. The number of rotatable bonds is 2. The SMILES string of the molecule is Cc1c(C2CC2)ncnc1N(C)C. The Morgan fingerprint density at radius 2 is 2.00 bits per heavy atom. The minimum absolute atomic E-state index is 0.710. The second kappa shape index (κ2) is 2.98. The molecule has 3 nitrogen and oxygen atoms in total. The van der Waals surface area contributed by atoms with Crippen LogP contribution in [0.4, 0.5) is 5.82 Å². The summed E-state index contributed by atoms with van der Waals surface area (Å²) in [5.41, 5.74) is 2.49. The first kappa shape index (κ1) is 8.48. The number of nitrogens with zero attached hydrogens (tertiary/aromatic N) is 3. The molecule has 0 bridgehead atoms. The van der Waals surface area contributed by atoms with Gasteiger partial charge in [0.15, 0.2) is 0 Å². The molecule has 2 rings (SSSR count). The van der Waals surface area contributed by atoms with E-state index in [0.717, 1.165) is 5.82 Å². The first-order valence-corrected chi connectivity index (χ1v) is 4.69. The Bertz CT molecular complexity index is 296. The molecule has 0 spiro atoms. The molecule has 0 amide bonds. The van der Waals surface area contributed by atoms with Crippen LogP contribution in [-0.2, 0) is 0 Å². The molecule has 1 saturated carbocycles. The normalized spacial score (nSPS) is 15.9. The highest BCUT2D eigenvalue weighted by Crippen LogP contribution is 2.41. The average Bonchev–Trinajstić information content (AvgIpc) is 2.87. The molecular weight excluding hydrogens is 162 g/mol. The molecule has 1 fully saturated rings. The molecule has 3 heteroatoms. The number of hydrogen-bond donors (Lipinski definition) is 0. The Morgan fingerprint density at radius 3 is 2.54 bits per heavy atom. The molecule has 1 aromatic heterocycles. The minimum atomic E-state index is 0.710. The summed E-state index contributed by atoms with van der Waals surface area (Å²) in [6.45, 7) is 2.11. The van der Waals surface area contributed by atoms with Crippen LogP contribution in [0.5, 0.6) is 0 Å². The molecule has 0 radical (unpaired) electrons. The van der Waals surface area contributed by atoms with E-state index in [-0.39, 0.29) is 0 Å². The van der Waals surface area contributed by atoms with Crippen molar-refractivity contribution in [2.75, 3.05) is 19.0 Å². The van der Waals surface area contributed by atoms with E-state index in [1.54, 1.807) is 6.33 Å². The van der Waals surface area contributed by atoms with Crippen molar-refractivity contribution in [2.24, 2.45) is 0 Å². The van der Waals surface area contributed by atoms with Gasteiger partial charge in [0.1, 0.15) is 12.1 Å². The van der Waals surface area contributed by atoms with Crippen molar-refractivity contribution in [1.29, 1.82) is 0 Å². The summed E-state index contributed by atoms with van der Waals surface area (Å²) in [6, 6.07) is 0. The third kappa shape index (κ3) is 1.50. The monoisotopic (exact) mass is 177 g/mol. The number of anilines is 1. The van der Waals surface area contributed by atoms with Crippen LogP contribution in [0.25, 0.3) is 0 Å². The van der Waals surface area contributed by atoms with Crippen LogP contribution in [0.3, 0.4) is 0 Å². The Morgan fingerprint density at radius 1 is 1.31 bits per heavy atom. The molecule has 1 heterocycles. The minimum Gasteiger partial charge on any atom is -0.362 e. The molecule has 0 saturated heterocycles. The summed E-state index contributed by atoms with van der Waals surface area (Å²) in [5.74, 6) is 1.76. The van der Waals surface area contributed by atoms with Gasteiger partial charge in [0, 0.05) is 25.6 Å². The van der Waals surface area contributed by atoms with Crippen molar-refractivity contribution < 1.29 is 0 Å². The summed E-state index contributed by atoms with van der Waals surface area (Å²) in [6.07, 6.45) is 4.27.